The number of hydrogen-bond donors (Lipinski definition) is 0. The van der Waals surface area contributed by atoms with E-state index in [0.29, 0.717) is 0 Å². The quantitative estimate of drug-likeness (QED) is 0.0918. The van der Waals surface area contributed by atoms with Gasteiger partial charge in [-0.15, -0.1) is 0 Å². The van der Waals surface area contributed by atoms with Crippen LogP contribution in [0.4, 0.5) is 0 Å². The molecule has 0 heterocycles. The average molecular weight is 707 g/mol. The third kappa shape index (κ3) is 8.20. The molecule has 0 aliphatic rings. The molecular formula is C48H43FeP-6. The zero-order valence-electron chi connectivity index (χ0n) is 29.7. The molecule has 0 saturated carbocycles. The zero-order valence-corrected chi connectivity index (χ0v) is 31.7. The Hall–Kier alpha value is -4.25. The van der Waals surface area contributed by atoms with Gasteiger partial charge in [-0.3, -0.25) is 7.92 Å². The Morgan fingerprint density at radius 3 is 1.04 bits per heavy atom. The first-order chi connectivity index (χ1) is 23.6. The summed E-state index contributed by atoms with van der Waals surface area (Å²) in [7, 11) is -0.274. The molecule has 0 saturated heterocycles. The van der Waals surface area contributed by atoms with Crippen molar-refractivity contribution in [2.24, 2.45) is 0 Å². The Morgan fingerprint density at radius 1 is 0.420 bits per heavy atom. The Kier molecular flexibility index (Phi) is 12.0. The largest absolute Gasteiger partial charge is 0.998 e. The Balaban J connectivity index is 0.000000275. The van der Waals surface area contributed by atoms with Gasteiger partial charge in [-0.05, 0) is 21.4 Å². The van der Waals surface area contributed by atoms with Crippen molar-refractivity contribution >= 4 is 13.2 Å². The van der Waals surface area contributed by atoms with E-state index in [4.69, 9.17) is 0 Å². The predicted octanol–water partition coefficient (Wildman–Crippen LogP) is 13.0. The maximum absolute atomic E-state index is 3.14. The topological polar surface area (TPSA) is 0 Å². The van der Waals surface area contributed by atoms with Gasteiger partial charge in [-0.25, -0.2) is 0 Å². The van der Waals surface area contributed by atoms with Crippen LogP contribution in [0.25, 0.3) is 55.6 Å². The van der Waals surface area contributed by atoms with E-state index in [1.807, 2.05) is 0 Å². The van der Waals surface area contributed by atoms with Crippen LogP contribution in [0.1, 0.15) is 41.5 Å². The molecule has 7 rings (SSSR count). The number of rotatable bonds is 6. The van der Waals surface area contributed by atoms with Crippen molar-refractivity contribution in [2.75, 3.05) is 0 Å². The van der Waals surface area contributed by atoms with E-state index in [-0.39, 0.29) is 35.3 Å². The molecule has 0 radical (unpaired) electrons. The summed E-state index contributed by atoms with van der Waals surface area (Å²) in [6, 6.07) is 66.2. The van der Waals surface area contributed by atoms with Crippen molar-refractivity contribution in [3.05, 3.63) is 176 Å². The first-order valence-corrected chi connectivity index (χ1v) is 18.3. The standard InChI is InChI=1S/C35H25.C13H18P.Fe/c1-6-16-26(17-7-1)31-32(27-18-8-2-9-19-27)34(29-22-12-4-13-23-29)35(30-24-14-5-15-25-30)33(31)28-20-10-3-11-21-28;1-12(2,3)14(13(4,5)6)11-9-7-8-10-11;/h1-25H;1-6H3;/q-1;-5;. The van der Waals surface area contributed by atoms with Crippen LogP contribution in [-0.2, 0) is 17.1 Å². The number of benzene rings is 5. The smallest absolute Gasteiger partial charge is 0 e. The van der Waals surface area contributed by atoms with Gasteiger partial charge >= 0.3 is 0 Å². The second kappa shape index (κ2) is 16.2. The minimum absolute atomic E-state index is 0. The molecule has 0 unspecified atom stereocenters. The third-order valence-corrected chi connectivity index (χ3v) is 11.9. The molecule has 0 atom stereocenters. The fourth-order valence-corrected chi connectivity index (χ4v) is 10.8. The summed E-state index contributed by atoms with van der Waals surface area (Å²) in [5, 5.41) is 1.76. The van der Waals surface area contributed by atoms with Crippen LogP contribution in [0.2, 0.25) is 0 Å². The normalized spacial score (nSPS) is 11.4. The molecule has 0 fully saturated rings. The minimum atomic E-state index is -0.274. The van der Waals surface area contributed by atoms with Crippen LogP contribution in [0.3, 0.4) is 0 Å². The molecule has 0 amide bonds. The Bertz CT molecular complexity index is 1720. The molecular weight excluding hydrogens is 663 g/mol. The van der Waals surface area contributed by atoms with E-state index in [9.17, 15) is 0 Å². The maximum Gasteiger partial charge on any atom is 0 e. The van der Waals surface area contributed by atoms with Crippen LogP contribution >= 0.6 is 7.92 Å². The molecule has 0 aliphatic heterocycles. The molecule has 7 aromatic carbocycles. The van der Waals surface area contributed by atoms with Gasteiger partial charge in [0.1, 0.15) is 0 Å². The summed E-state index contributed by atoms with van der Waals surface area (Å²) < 4.78 is 0. The molecule has 2 heteroatoms. The summed E-state index contributed by atoms with van der Waals surface area (Å²) in [5.41, 5.74) is 12.5. The predicted molar refractivity (Wildman–Crippen MR) is 213 cm³/mol. The Labute approximate surface area is 312 Å². The van der Waals surface area contributed by atoms with Crippen LogP contribution in [0.5, 0.6) is 0 Å². The molecule has 0 aromatic heterocycles. The van der Waals surface area contributed by atoms with E-state index in [0.717, 1.165) is 0 Å². The second-order valence-corrected chi connectivity index (χ2v) is 18.0. The zero-order chi connectivity index (χ0) is 34.4. The maximum atomic E-state index is 3.14. The van der Waals surface area contributed by atoms with Crippen molar-refractivity contribution in [3.8, 4) is 55.6 Å². The Morgan fingerprint density at radius 2 is 0.720 bits per heavy atom. The van der Waals surface area contributed by atoms with E-state index >= 15 is 0 Å². The fourth-order valence-electron chi connectivity index (χ4n) is 7.09. The molecule has 0 bridgehead atoms. The monoisotopic (exact) mass is 706 g/mol. The van der Waals surface area contributed by atoms with E-state index in [1.165, 1.54) is 60.9 Å². The van der Waals surface area contributed by atoms with Gasteiger partial charge in [0, 0.05) is 17.1 Å². The van der Waals surface area contributed by atoms with Crippen molar-refractivity contribution in [2.45, 2.75) is 51.9 Å². The summed E-state index contributed by atoms with van der Waals surface area (Å²) >= 11 is 0. The summed E-state index contributed by atoms with van der Waals surface area (Å²) in [5.74, 6) is 0. The van der Waals surface area contributed by atoms with Crippen molar-refractivity contribution in [1.82, 2.24) is 0 Å². The van der Waals surface area contributed by atoms with E-state index in [2.05, 4.69) is 217 Å². The SMILES string of the molecule is CC(C)(C)P([c-]1[c-][c-][c-][c-]1)C(C)(C)C.[Fe].c1ccc(-c2c(-c3ccccc3)c(-c3ccccc3)[c-](-c3ccccc3)c2-c2ccccc2)cc1. The van der Waals surface area contributed by atoms with Gasteiger partial charge in [0.05, 0.1) is 0 Å². The van der Waals surface area contributed by atoms with Crippen LogP contribution in [0.15, 0.2) is 152 Å². The van der Waals surface area contributed by atoms with Gasteiger partial charge < -0.3 is 29.6 Å². The molecule has 0 N–H and O–H groups in total. The minimum Gasteiger partial charge on any atom is -0.998 e. The fraction of sp³-hybridized carbons (Fsp3) is 0.167. The summed E-state index contributed by atoms with van der Waals surface area (Å²) in [6.07, 6.45) is 0. The van der Waals surface area contributed by atoms with Crippen LogP contribution < -0.4 is 5.30 Å². The molecule has 7 aromatic rings. The van der Waals surface area contributed by atoms with Gasteiger partial charge in [0.25, 0.3) is 0 Å². The van der Waals surface area contributed by atoms with E-state index < -0.39 is 0 Å². The molecule has 0 spiro atoms. The van der Waals surface area contributed by atoms with Crippen molar-refractivity contribution in [3.63, 3.8) is 0 Å². The first kappa shape index (κ1) is 37.0. The average Bonchev–Trinajstić information content (AvgIpc) is 3.76. The molecule has 50 heavy (non-hydrogen) atoms. The van der Waals surface area contributed by atoms with Gasteiger partial charge in [-0.1, -0.05) is 238 Å². The van der Waals surface area contributed by atoms with Gasteiger partial charge in [0.15, 0.2) is 0 Å². The first-order valence-electron chi connectivity index (χ1n) is 17.0. The summed E-state index contributed by atoms with van der Waals surface area (Å²) in [4.78, 5) is 0. The van der Waals surface area contributed by atoms with Gasteiger partial charge in [0.2, 0.25) is 0 Å². The second-order valence-electron chi connectivity index (χ2n) is 14.2. The molecule has 0 nitrogen and oxygen atoms in total. The number of hydrogen-bond acceptors (Lipinski definition) is 0. The van der Waals surface area contributed by atoms with E-state index in [1.54, 1.807) is 0 Å². The van der Waals surface area contributed by atoms with Gasteiger partial charge in [-0.2, -0.15) is 0 Å². The molecule has 0 aliphatic carbocycles. The van der Waals surface area contributed by atoms with Crippen molar-refractivity contribution < 1.29 is 17.1 Å². The molecule has 254 valence electrons. The van der Waals surface area contributed by atoms with Crippen molar-refractivity contribution in [1.29, 1.82) is 0 Å². The van der Waals surface area contributed by atoms with Crippen LogP contribution in [0, 0.1) is 24.3 Å². The third-order valence-electron chi connectivity index (χ3n) is 8.55. The van der Waals surface area contributed by atoms with Crippen LogP contribution in [-0.4, -0.2) is 10.3 Å². The summed E-state index contributed by atoms with van der Waals surface area (Å²) in [6.45, 7) is 13.7.